The topological polar surface area (TPSA) is 73.8 Å². The molecule has 0 spiro atoms. The van der Waals surface area contributed by atoms with Gasteiger partial charge in [0.25, 0.3) is 0 Å². The Morgan fingerprint density at radius 2 is 1.80 bits per heavy atom. The molecular formula is C21H30ClIN4O2S. The normalized spacial score (nSPS) is 11.9. The van der Waals surface area contributed by atoms with E-state index in [9.17, 15) is 8.42 Å². The number of hydrogen-bond donors (Lipinski definition) is 2. The molecule has 0 heterocycles. The maximum Gasteiger partial charge on any atom is 0.216 e. The SMILES string of the molecule is CN=C(NCc1ccccc1CS(=O)(=O)NC(C)C)N(C)Cc1cccc(Cl)c1.I. The average Bonchev–Trinajstić information content (AvgIpc) is 2.62. The Morgan fingerprint density at radius 1 is 1.13 bits per heavy atom. The number of benzene rings is 2. The van der Waals surface area contributed by atoms with Crippen molar-refractivity contribution in [1.82, 2.24) is 14.9 Å². The van der Waals surface area contributed by atoms with Crippen molar-refractivity contribution in [3.63, 3.8) is 0 Å². The average molecular weight is 565 g/mol. The fraction of sp³-hybridized carbons (Fsp3) is 0.381. The molecule has 0 aromatic heterocycles. The molecule has 0 aliphatic heterocycles. The third kappa shape index (κ3) is 8.79. The quantitative estimate of drug-likeness (QED) is 0.289. The predicted octanol–water partition coefficient (Wildman–Crippen LogP) is 3.99. The summed E-state index contributed by atoms with van der Waals surface area (Å²) < 4.78 is 27.3. The number of aliphatic imine (C=N–C) groups is 1. The first-order valence-corrected chi connectivity index (χ1v) is 11.5. The van der Waals surface area contributed by atoms with Gasteiger partial charge in [0.1, 0.15) is 0 Å². The van der Waals surface area contributed by atoms with Crippen LogP contribution in [0.5, 0.6) is 0 Å². The number of hydrogen-bond acceptors (Lipinski definition) is 3. The molecule has 0 amide bonds. The highest BCUT2D eigenvalue weighted by Crippen LogP contribution is 2.14. The van der Waals surface area contributed by atoms with E-state index in [1.807, 2.05) is 74.3 Å². The van der Waals surface area contributed by atoms with Crippen LogP contribution in [0.1, 0.15) is 30.5 Å². The van der Waals surface area contributed by atoms with Gasteiger partial charge in [-0.25, -0.2) is 13.1 Å². The number of guanidine groups is 1. The number of halogens is 2. The van der Waals surface area contributed by atoms with Gasteiger partial charge in [0.2, 0.25) is 10.0 Å². The van der Waals surface area contributed by atoms with E-state index in [0.717, 1.165) is 16.7 Å². The zero-order chi connectivity index (χ0) is 21.4. The van der Waals surface area contributed by atoms with Crippen LogP contribution in [0.25, 0.3) is 0 Å². The summed E-state index contributed by atoms with van der Waals surface area (Å²) in [5, 5.41) is 4.01. The van der Waals surface area contributed by atoms with Crippen LogP contribution in [-0.4, -0.2) is 39.4 Å². The molecule has 0 aliphatic rings. The molecule has 2 rings (SSSR count). The third-order valence-electron chi connectivity index (χ3n) is 4.20. The number of nitrogens with one attached hydrogen (secondary N) is 2. The van der Waals surface area contributed by atoms with Gasteiger partial charge >= 0.3 is 0 Å². The van der Waals surface area contributed by atoms with E-state index in [4.69, 9.17) is 11.6 Å². The molecule has 0 aliphatic carbocycles. The van der Waals surface area contributed by atoms with E-state index in [1.165, 1.54) is 0 Å². The fourth-order valence-electron chi connectivity index (χ4n) is 3.02. The van der Waals surface area contributed by atoms with E-state index in [0.29, 0.717) is 24.1 Å². The van der Waals surface area contributed by atoms with Crippen molar-refractivity contribution in [2.24, 2.45) is 4.99 Å². The lowest BCUT2D eigenvalue weighted by Gasteiger charge is -2.23. The zero-order valence-corrected chi connectivity index (χ0v) is 21.6. The van der Waals surface area contributed by atoms with Crippen LogP contribution in [0.3, 0.4) is 0 Å². The molecule has 0 fully saturated rings. The molecule has 2 N–H and O–H groups in total. The molecule has 0 unspecified atom stereocenters. The lowest BCUT2D eigenvalue weighted by Crippen LogP contribution is -2.38. The van der Waals surface area contributed by atoms with Crippen molar-refractivity contribution in [1.29, 1.82) is 0 Å². The molecule has 0 atom stereocenters. The van der Waals surface area contributed by atoms with Crippen molar-refractivity contribution in [2.45, 2.75) is 38.7 Å². The molecule has 2 aromatic rings. The van der Waals surface area contributed by atoms with Gasteiger partial charge in [-0.1, -0.05) is 48.0 Å². The minimum absolute atomic E-state index is 0. The monoisotopic (exact) mass is 564 g/mol. The van der Waals surface area contributed by atoms with Gasteiger partial charge in [-0.3, -0.25) is 4.99 Å². The largest absolute Gasteiger partial charge is 0.352 e. The Kier molecular flexibility index (Phi) is 11.1. The highest BCUT2D eigenvalue weighted by atomic mass is 127. The minimum atomic E-state index is -3.39. The zero-order valence-electron chi connectivity index (χ0n) is 17.7. The molecule has 2 aromatic carbocycles. The van der Waals surface area contributed by atoms with E-state index in [-0.39, 0.29) is 35.8 Å². The summed E-state index contributed by atoms with van der Waals surface area (Å²) >= 11 is 6.07. The summed E-state index contributed by atoms with van der Waals surface area (Å²) in [5.74, 6) is 0.655. The smallest absolute Gasteiger partial charge is 0.216 e. The molecule has 0 saturated carbocycles. The van der Waals surface area contributed by atoms with Crippen LogP contribution in [0, 0.1) is 0 Å². The van der Waals surface area contributed by atoms with E-state index < -0.39 is 10.0 Å². The summed E-state index contributed by atoms with van der Waals surface area (Å²) in [7, 11) is 0.273. The number of rotatable bonds is 8. The van der Waals surface area contributed by atoms with Gasteiger partial charge < -0.3 is 10.2 Å². The van der Waals surface area contributed by atoms with E-state index in [2.05, 4.69) is 15.0 Å². The van der Waals surface area contributed by atoms with Crippen LogP contribution in [0.4, 0.5) is 0 Å². The van der Waals surface area contributed by atoms with Crippen LogP contribution in [-0.2, 0) is 28.9 Å². The third-order valence-corrected chi connectivity index (χ3v) is 5.95. The second-order valence-corrected chi connectivity index (χ2v) is 9.38. The summed E-state index contributed by atoms with van der Waals surface area (Å²) in [4.78, 5) is 6.32. The molecule has 0 radical (unpaired) electrons. The Balaban J connectivity index is 0.00000450. The van der Waals surface area contributed by atoms with Crippen LogP contribution < -0.4 is 10.0 Å². The van der Waals surface area contributed by atoms with Crippen LogP contribution >= 0.6 is 35.6 Å². The Labute approximate surface area is 202 Å². The molecule has 166 valence electrons. The second-order valence-electron chi connectivity index (χ2n) is 7.19. The first-order chi connectivity index (χ1) is 13.7. The highest BCUT2D eigenvalue weighted by Gasteiger charge is 2.16. The summed E-state index contributed by atoms with van der Waals surface area (Å²) in [6, 6.07) is 15.1. The molecule has 9 heteroatoms. The van der Waals surface area contributed by atoms with E-state index in [1.54, 1.807) is 7.05 Å². The number of nitrogens with zero attached hydrogens (tertiary/aromatic N) is 2. The van der Waals surface area contributed by atoms with Gasteiger partial charge in [0.05, 0.1) is 5.75 Å². The van der Waals surface area contributed by atoms with Crippen LogP contribution in [0.2, 0.25) is 5.02 Å². The first-order valence-electron chi connectivity index (χ1n) is 9.43. The maximum atomic E-state index is 12.3. The van der Waals surface area contributed by atoms with Crippen LogP contribution in [0.15, 0.2) is 53.5 Å². The van der Waals surface area contributed by atoms with Gasteiger partial charge in [-0.05, 0) is 42.7 Å². The predicted molar refractivity (Wildman–Crippen MR) is 136 cm³/mol. The lowest BCUT2D eigenvalue weighted by molar-refractivity contribution is 0.476. The van der Waals surface area contributed by atoms with Gasteiger partial charge in [-0.2, -0.15) is 0 Å². The van der Waals surface area contributed by atoms with Crippen molar-refractivity contribution in [3.05, 3.63) is 70.2 Å². The second kappa shape index (κ2) is 12.5. The molecule has 30 heavy (non-hydrogen) atoms. The standard InChI is InChI=1S/C21H29ClN4O2S.HI/c1-16(2)25-29(27,28)15-19-10-6-5-9-18(19)13-24-21(23-3)26(4)14-17-8-7-11-20(22)12-17;/h5-12,16,25H,13-15H2,1-4H3,(H,23,24);1H. The first kappa shape index (κ1) is 26.7. The van der Waals surface area contributed by atoms with Gasteiger partial charge in [0.15, 0.2) is 5.96 Å². The Morgan fingerprint density at radius 3 is 2.40 bits per heavy atom. The molecule has 6 nitrogen and oxygen atoms in total. The summed E-state index contributed by atoms with van der Waals surface area (Å²) in [6.45, 7) is 4.74. The molecular weight excluding hydrogens is 535 g/mol. The Hall–Kier alpha value is -1.36. The van der Waals surface area contributed by atoms with Gasteiger partial charge in [-0.15, -0.1) is 24.0 Å². The van der Waals surface area contributed by atoms with Gasteiger partial charge in [0, 0.05) is 38.2 Å². The number of sulfonamides is 1. The van der Waals surface area contributed by atoms with Crippen molar-refractivity contribution in [2.75, 3.05) is 14.1 Å². The fourth-order valence-corrected chi connectivity index (χ4v) is 4.72. The van der Waals surface area contributed by atoms with E-state index >= 15 is 0 Å². The summed E-state index contributed by atoms with van der Waals surface area (Å²) in [5.41, 5.74) is 2.76. The van der Waals surface area contributed by atoms with Crippen molar-refractivity contribution < 1.29 is 8.42 Å². The summed E-state index contributed by atoms with van der Waals surface area (Å²) in [6.07, 6.45) is 0. The maximum absolute atomic E-state index is 12.3. The van der Waals surface area contributed by atoms with Crippen molar-refractivity contribution >= 4 is 51.6 Å². The minimum Gasteiger partial charge on any atom is -0.352 e. The molecule has 0 bridgehead atoms. The lowest BCUT2D eigenvalue weighted by atomic mass is 10.1. The van der Waals surface area contributed by atoms with Crippen molar-refractivity contribution in [3.8, 4) is 0 Å². The highest BCUT2D eigenvalue weighted by molar-refractivity contribution is 14.0. The molecule has 0 saturated heterocycles. The Bertz CT molecular complexity index is 952.